The molecule has 1 aliphatic carbocycles. The third kappa shape index (κ3) is 7.23. The Morgan fingerprint density at radius 3 is 2.28 bits per heavy atom. The Balaban J connectivity index is 1.24. The summed E-state index contributed by atoms with van der Waals surface area (Å²) in [5.41, 5.74) is 1.46. The molecule has 0 spiro atoms. The molecule has 0 bridgehead atoms. The highest BCUT2D eigenvalue weighted by Crippen LogP contribution is 2.30. The molecule has 1 aromatic rings. The molecule has 5 heteroatoms. The van der Waals surface area contributed by atoms with Crippen LogP contribution in [-0.2, 0) is 15.9 Å². The lowest BCUT2D eigenvalue weighted by molar-refractivity contribution is -0.127. The van der Waals surface area contributed by atoms with Crippen molar-refractivity contribution in [3.63, 3.8) is 0 Å². The van der Waals surface area contributed by atoms with E-state index >= 15 is 0 Å². The predicted octanol–water partition coefficient (Wildman–Crippen LogP) is 4.63. The number of aromatic nitrogens is 1. The van der Waals surface area contributed by atoms with Crippen molar-refractivity contribution in [2.75, 3.05) is 19.7 Å². The molecule has 1 aromatic heterocycles. The largest absolute Gasteiger partial charge is 0.474 e. The molecule has 0 amide bonds. The highest BCUT2D eigenvalue weighted by atomic mass is 16.5. The Hall–Kier alpha value is -1.17. The van der Waals surface area contributed by atoms with Crippen LogP contribution in [0.1, 0.15) is 72.8 Å². The van der Waals surface area contributed by atoms with Crippen LogP contribution in [0, 0.1) is 0 Å². The number of unbranched alkanes of at least 4 members (excludes halogenated alkanes) is 1. The number of rotatable bonds is 9. The molecule has 1 aliphatic heterocycles. The second kappa shape index (κ2) is 9.32. The van der Waals surface area contributed by atoms with Gasteiger partial charge in [-0.2, -0.15) is 0 Å². The zero-order valence-corrected chi connectivity index (χ0v) is 19.2. The van der Waals surface area contributed by atoms with Crippen molar-refractivity contribution in [3.8, 4) is 5.88 Å². The average molecular weight is 405 g/mol. The zero-order chi connectivity index (χ0) is 21.1. The predicted molar refractivity (Wildman–Crippen MR) is 117 cm³/mol. The van der Waals surface area contributed by atoms with Crippen LogP contribution in [0.15, 0.2) is 18.3 Å². The van der Waals surface area contributed by atoms with Crippen molar-refractivity contribution in [2.24, 2.45) is 0 Å². The Morgan fingerprint density at radius 2 is 1.69 bits per heavy atom. The van der Waals surface area contributed by atoms with Crippen molar-refractivity contribution in [2.45, 2.75) is 103 Å². The smallest absolute Gasteiger partial charge is 0.213 e. The van der Waals surface area contributed by atoms with Crippen LogP contribution in [0.4, 0.5) is 0 Å². The lowest BCUT2D eigenvalue weighted by atomic mass is 9.91. The minimum atomic E-state index is -0.0781. The molecular weight excluding hydrogens is 364 g/mol. The van der Waals surface area contributed by atoms with Gasteiger partial charge in [0.15, 0.2) is 0 Å². The second-order valence-electron chi connectivity index (χ2n) is 10.6. The number of aryl methyl sites for hydroxylation is 1. The van der Waals surface area contributed by atoms with Gasteiger partial charge in [-0.05, 0) is 66.4 Å². The molecule has 0 radical (unpaired) electrons. The Morgan fingerprint density at radius 1 is 0.966 bits per heavy atom. The molecule has 1 saturated carbocycles. The molecule has 5 nitrogen and oxygen atoms in total. The minimum Gasteiger partial charge on any atom is -0.474 e. The fraction of sp³-hybridized carbons (Fsp3) is 0.792. The first-order chi connectivity index (χ1) is 13.6. The summed E-state index contributed by atoms with van der Waals surface area (Å²) in [5.74, 6) is 0.727. The van der Waals surface area contributed by atoms with Crippen LogP contribution in [0.2, 0.25) is 0 Å². The molecule has 164 valence electrons. The summed E-state index contributed by atoms with van der Waals surface area (Å²) in [6.07, 6.45) is 8.10. The minimum absolute atomic E-state index is 0.0781. The highest BCUT2D eigenvalue weighted by molar-refractivity contribution is 5.18. The fourth-order valence-electron chi connectivity index (χ4n) is 3.78. The summed E-state index contributed by atoms with van der Waals surface area (Å²) in [6, 6.07) is 4.14. The van der Waals surface area contributed by atoms with Crippen LogP contribution in [0.5, 0.6) is 5.88 Å². The molecule has 3 rings (SSSR count). The number of likely N-dealkylation sites (tertiary alicyclic amines) is 1. The summed E-state index contributed by atoms with van der Waals surface area (Å²) in [5, 5.41) is 0. The van der Waals surface area contributed by atoms with Gasteiger partial charge in [0, 0.05) is 50.3 Å². The van der Waals surface area contributed by atoms with Crippen molar-refractivity contribution >= 4 is 0 Å². The highest BCUT2D eigenvalue weighted by Gasteiger charge is 2.35. The van der Waals surface area contributed by atoms with E-state index in [1.54, 1.807) is 0 Å². The van der Waals surface area contributed by atoms with E-state index in [9.17, 15) is 0 Å². The molecule has 2 fully saturated rings. The van der Waals surface area contributed by atoms with E-state index in [0.717, 1.165) is 57.7 Å². The molecule has 29 heavy (non-hydrogen) atoms. The Kier molecular flexibility index (Phi) is 7.23. The van der Waals surface area contributed by atoms with Crippen molar-refractivity contribution in [1.29, 1.82) is 0 Å². The lowest BCUT2D eigenvalue weighted by Gasteiger charge is -2.47. The first-order valence-corrected chi connectivity index (χ1v) is 11.2. The quantitative estimate of drug-likeness (QED) is 0.562. The number of ether oxygens (including phenoxy) is 3. The molecule has 0 N–H and O–H groups in total. The Bertz CT molecular complexity index is 621. The van der Waals surface area contributed by atoms with Gasteiger partial charge in [-0.1, -0.05) is 6.07 Å². The third-order valence-electron chi connectivity index (χ3n) is 5.67. The maximum atomic E-state index is 5.97. The second-order valence-corrected chi connectivity index (χ2v) is 10.6. The van der Waals surface area contributed by atoms with E-state index in [1.165, 1.54) is 5.56 Å². The molecule has 0 atom stereocenters. The summed E-state index contributed by atoms with van der Waals surface area (Å²) in [4.78, 5) is 6.95. The van der Waals surface area contributed by atoms with Gasteiger partial charge in [0.1, 0.15) is 6.10 Å². The van der Waals surface area contributed by atoms with Gasteiger partial charge in [0.25, 0.3) is 0 Å². The van der Waals surface area contributed by atoms with Gasteiger partial charge < -0.3 is 14.2 Å². The van der Waals surface area contributed by atoms with Crippen molar-refractivity contribution in [1.82, 2.24) is 9.88 Å². The van der Waals surface area contributed by atoms with Crippen LogP contribution in [0.3, 0.4) is 0 Å². The van der Waals surface area contributed by atoms with Crippen molar-refractivity contribution < 1.29 is 14.2 Å². The monoisotopic (exact) mass is 404 g/mol. The van der Waals surface area contributed by atoms with Crippen molar-refractivity contribution in [3.05, 3.63) is 23.9 Å². The van der Waals surface area contributed by atoms with E-state index in [4.69, 9.17) is 14.2 Å². The van der Waals surface area contributed by atoms with E-state index in [0.29, 0.717) is 12.2 Å². The maximum absolute atomic E-state index is 5.97. The SMILES string of the molecule is CC(C)(C)OC1CC(Oc2ccc(CCCCOC3CN(C(C)(C)C)C3)cn2)C1. The molecule has 0 unspecified atom stereocenters. The van der Waals surface area contributed by atoms with Crippen LogP contribution < -0.4 is 4.74 Å². The zero-order valence-electron chi connectivity index (χ0n) is 19.2. The van der Waals surface area contributed by atoms with E-state index < -0.39 is 0 Å². The summed E-state index contributed by atoms with van der Waals surface area (Å²) in [7, 11) is 0. The fourth-order valence-corrected chi connectivity index (χ4v) is 3.78. The number of hydrogen-bond acceptors (Lipinski definition) is 5. The van der Waals surface area contributed by atoms with Crippen LogP contribution >= 0.6 is 0 Å². The number of pyridine rings is 1. The van der Waals surface area contributed by atoms with Gasteiger partial charge in [0.2, 0.25) is 5.88 Å². The summed E-state index contributed by atoms with van der Waals surface area (Å²) in [6.45, 7) is 16.1. The standard InChI is InChI=1S/C24H40N2O3/c1-23(2,3)26-16-21(17-26)27-12-8-7-9-18-10-11-22(25-15-18)28-19-13-20(14-19)29-24(4,5)6/h10-11,15,19-21H,7-9,12-14,16-17H2,1-6H3. The maximum Gasteiger partial charge on any atom is 0.213 e. The first-order valence-electron chi connectivity index (χ1n) is 11.2. The molecule has 2 aliphatic rings. The number of nitrogens with zero attached hydrogens (tertiary/aromatic N) is 2. The van der Waals surface area contributed by atoms with E-state index in [1.807, 2.05) is 12.3 Å². The summed E-state index contributed by atoms with van der Waals surface area (Å²) < 4.78 is 17.9. The molecule has 0 aromatic carbocycles. The molecule has 1 saturated heterocycles. The van der Waals surface area contributed by atoms with Crippen LogP contribution in [-0.4, -0.2) is 59.0 Å². The third-order valence-corrected chi connectivity index (χ3v) is 5.67. The average Bonchev–Trinajstić information content (AvgIpc) is 2.53. The first kappa shape index (κ1) is 22.5. The molecule has 2 heterocycles. The number of hydrogen-bond donors (Lipinski definition) is 0. The van der Waals surface area contributed by atoms with E-state index in [-0.39, 0.29) is 17.2 Å². The topological polar surface area (TPSA) is 43.8 Å². The van der Waals surface area contributed by atoms with Gasteiger partial charge in [-0.3, -0.25) is 4.90 Å². The van der Waals surface area contributed by atoms with Gasteiger partial charge >= 0.3 is 0 Å². The normalized spacial score (nSPS) is 23.5. The van der Waals surface area contributed by atoms with Crippen LogP contribution in [0.25, 0.3) is 0 Å². The van der Waals surface area contributed by atoms with Gasteiger partial charge in [0.05, 0.1) is 17.8 Å². The Labute approximate surface area is 177 Å². The summed E-state index contributed by atoms with van der Waals surface area (Å²) >= 11 is 0. The van der Waals surface area contributed by atoms with Gasteiger partial charge in [-0.15, -0.1) is 0 Å². The van der Waals surface area contributed by atoms with Gasteiger partial charge in [-0.25, -0.2) is 4.98 Å². The molecular formula is C24H40N2O3. The van der Waals surface area contributed by atoms with E-state index in [2.05, 4.69) is 57.5 Å². The lowest BCUT2D eigenvalue weighted by Crippen LogP contribution is -2.59.